The predicted molar refractivity (Wildman–Crippen MR) is 98.7 cm³/mol. The summed E-state index contributed by atoms with van der Waals surface area (Å²) < 4.78 is 5.28. The summed E-state index contributed by atoms with van der Waals surface area (Å²) in [5.74, 6) is 5.15. The molecule has 0 aliphatic heterocycles. The highest BCUT2D eigenvalue weighted by atomic mass is 16.5. The summed E-state index contributed by atoms with van der Waals surface area (Å²) in [4.78, 5) is 21.4. The number of anilines is 2. The van der Waals surface area contributed by atoms with Gasteiger partial charge in [-0.2, -0.15) is 0 Å². The molecule has 0 aliphatic rings. The van der Waals surface area contributed by atoms with Crippen LogP contribution in [0.3, 0.4) is 0 Å². The number of aliphatic carboxylic acids is 1. The Kier molecular flexibility index (Phi) is 10.4. The lowest BCUT2D eigenvalue weighted by Gasteiger charge is -2.23. The molecule has 2 rings (SSSR count). The molecule has 0 aliphatic carbocycles. The Bertz CT molecular complexity index is 640. The highest BCUT2D eigenvalue weighted by molar-refractivity contribution is 5.66. The van der Waals surface area contributed by atoms with Gasteiger partial charge >= 0.3 is 5.97 Å². The van der Waals surface area contributed by atoms with Crippen LogP contribution < -0.4 is 15.5 Å². The van der Waals surface area contributed by atoms with Crippen molar-refractivity contribution in [2.75, 3.05) is 18.6 Å². The number of carbonyl (C=O) groups is 1. The van der Waals surface area contributed by atoms with Gasteiger partial charge in [0.2, 0.25) is 0 Å². The zero-order chi connectivity index (χ0) is 19.2. The normalized spacial score (nSPS) is 9.81. The van der Waals surface area contributed by atoms with Crippen molar-refractivity contribution in [3.8, 4) is 5.75 Å². The lowest BCUT2D eigenvalue weighted by Crippen LogP contribution is -2.20. The number of hydrogen-bond acceptors (Lipinski definition) is 7. The molecule has 4 N–H and O–H groups in total. The lowest BCUT2D eigenvalue weighted by molar-refractivity contribution is -0.137. The fraction of sp³-hybridized carbons (Fsp3) is 0.389. The molecule has 0 spiro atoms. The molecule has 142 valence electrons. The maximum atomic E-state index is 10.5. The van der Waals surface area contributed by atoms with E-state index in [0.717, 1.165) is 49.6 Å². The minimum Gasteiger partial charge on any atom is -0.497 e. The summed E-state index contributed by atoms with van der Waals surface area (Å²) >= 11 is 0. The molecule has 0 unspecified atom stereocenters. The van der Waals surface area contributed by atoms with Gasteiger partial charge in [0.05, 0.1) is 7.11 Å². The second-order valence-corrected chi connectivity index (χ2v) is 5.45. The molecular weight excluding hydrogens is 336 g/mol. The SMILES string of the molecule is COc1ccnc(N(CCCCCCC(=O)O)c2ccccn2)c1.NO. The molecule has 0 bridgehead atoms. The van der Waals surface area contributed by atoms with Gasteiger partial charge in [-0.15, -0.1) is 0 Å². The Balaban J connectivity index is 0.00000163. The van der Waals surface area contributed by atoms with Gasteiger partial charge in [-0.25, -0.2) is 15.9 Å². The third-order valence-electron chi connectivity index (χ3n) is 3.68. The van der Waals surface area contributed by atoms with E-state index in [2.05, 4.69) is 20.8 Å². The molecule has 0 radical (unpaired) electrons. The quantitative estimate of drug-likeness (QED) is 0.435. The first-order valence-corrected chi connectivity index (χ1v) is 8.37. The van der Waals surface area contributed by atoms with Crippen molar-refractivity contribution in [1.82, 2.24) is 9.97 Å². The fourth-order valence-electron chi connectivity index (χ4n) is 2.43. The Morgan fingerprint density at radius 2 is 1.81 bits per heavy atom. The molecule has 2 heterocycles. The van der Waals surface area contributed by atoms with Crippen LogP contribution in [0.5, 0.6) is 5.75 Å². The monoisotopic (exact) mass is 362 g/mol. The van der Waals surface area contributed by atoms with E-state index in [4.69, 9.17) is 15.1 Å². The zero-order valence-corrected chi connectivity index (χ0v) is 14.9. The zero-order valence-electron chi connectivity index (χ0n) is 14.9. The van der Waals surface area contributed by atoms with Crippen LogP contribution in [0.25, 0.3) is 0 Å². The van der Waals surface area contributed by atoms with Gasteiger partial charge in [-0.3, -0.25) is 4.79 Å². The summed E-state index contributed by atoms with van der Waals surface area (Å²) in [5.41, 5.74) is 0. The molecule has 8 heteroatoms. The molecule has 8 nitrogen and oxygen atoms in total. The van der Waals surface area contributed by atoms with E-state index in [9.17, 15) is 4.79 Å². The van der Waals surface area contributed by atoms with Crippen molar-refractivity contribution >= 4 is 17.6 Å². The van der Waals surface area contributed by atoms with Crippen molar-refractivity contribution in [3.63, 3.8) is 0 Å². The second kappa shape index (κ2) is 12.6. The summed E-state index contributed by atoms with van der Waals surface area (Å²) in [6.07, 6.45) is 7.26. The van der Waals surface area contributed by atoms with Crippen LogP contribution >= 0.6 is 0 Å². The van der Waals surface area contributed by atoms with Crippen LogP contribution in [0.2, 0.25) is 0 Å². The smallest absolute Gasteiger partial charge is 0.303 e. The number of ether oxygens (including phenoxy) is 1. The largest absolute Gasteiger partial charge is 0.497 e. The molecule has 0 amide bonds. The number of hydrogen-bond donors (Lipinski definition) is 3. The third kappa shape index (κ3) is 7.45. The average Bonchev–Trinajstić information content (AvgIpc) is 2.69. The van der Waals surface area contributed by atoms with Crippen molar-refractivity contribution in [2.45, 2.75) is 32.1 Å². The minimum atomic E-state index is -0.731. The van der Waals surface area contributed by atoms with Crippen molar-refractivity contribution < 1.29 is 19.8 Å². The molecule has 2 aromatic heterocycles. The molecule has 0 fully saturated rings. The molecule has 26 heavy (non-hydrogen) atoms. The van der Waals surface area contributed by atoms with Gasteiger partial charge in [0, 0.05) is 31.4 Å². The summed E-state index contributed by atoms with van der Waals surface area (Å²) in [6, 6.07) is 9.48. The molecular formula is C18H26N4O4. The number of methoxy groups -OCH3 is 1. The number of nitrogens with zero attached hydrogens (tertiary/aromatic N) is 3. The summed E-state index contributed by atoms with van der Waals surface area (Å²) in [5, 5.41) is 15.2. The highest BCUT2D eigenvalue weighted by Crippen LogP contribution is 2.25. The van der Waals surface area contributed by atoms with Crippen LogP contribution in [0.15, 0.2) is 42.7 Å². The number of carboxylic acids is 1. The van der Waals surface area contributed by atoms with Crippen molar-refractivity contribution in [1.29, 1.82) is 0 Å². The van der Waals surface area contributed by atoms with Gasteiger partial charge in [-0.1, -0.05) is 18.9 Å². The first-order valence-electron chi connectivity index (χ1n) is 8.37. The highest BCUT2D eigenvalue weighted by Gasteiger charge is 2.12. The summed E-state index contributed by atoms with van der Waals surface area (Å²) in [6.45, 7) is 0.768. The third-order valence-corrected chi connectivity index (χ3v) is 3.68. The fourth-order valence-corrected chi connectivity index (χ4v) is 2.43. The van der Waals surface area contributed by atoms with E-state index in [1.54, 1.807) is 19.5 Å². The van der Waals surface area contributed by atoms with Crippen LogP contribution in [0, 0.1) is 0 Å². The van der Waals surface area contributed by atoms with Gasteiger partial charge in [0.15, 0.2) is 0 Å². The molecule has 2 aromatic rings. The van der Waals surface area contributed by atoms with Crippen LogP contribution in [0.1, 0.15) is 32.1 Å². The van der Waals surface area contributed by atoms with E-state index in [0.29, 0.717) is 0 Å². The van der Waals surface area contributed by atoms with Crippen molar-refractivity contribution in [3.05, 3.63) is 42.7 Å². The Labute approximate surface area is 153 Å². The molecule has 0 saturated heterocycles. The number of carboxylic acid groups (broad SMARTS) is 1. The van der Waals surface area contributed by atoms with E-state index >= 15 is 0 Å². The number of nitrogens with two attached hydrogens (primary N) is 1. The number of pyridine rings is 2. The Hall–Kier alpha value is -2.71. The maximum Gasteiger partial charge on any atom is 0.303 e. The lowest BCUT2D eigenvalue weighted by atomic mass is 10.1. The average molecular weight is 362 g/mol. The van der Waals surface area contributed by atoms with E-state index in [1.165, 1.54) is 0 Å². The molecule has 0 atom stereocenters. The number of aromatic nitrogens is 2. The molecule has 0 aromatic carbocycles. The first-order chi connectivity index (χ1) is 12.7. The van der Waals surface area contributed by atoms with E-state index < -0.39 is 5.97 Å². The topological polar surface area (TPSA) is 122 Å². The van der Waals surface area contributed by atoms with Gasteiger partial charge in [0.25, 0.3) is 0 Å². The minimum absolute atomic E-state index is 0.237. The summed E-state index contributed by atoms with van der Waals surface area (Å²) in [7, 11) is 1.63. The van der Waals surface area contributed by atoms with Crippen LogP contribution in [-0.2, 0) is 4.79 Å². The maximum absolute atomic E-state index is 10.5. The van der Waals surface area contributed by atoms with Gasteiger partial charge in [0.1, 0.15) is 17.4 Å². The second-order valence-electron chi connectivity index (χ2n) is 5.45. The Morgan fingerprint density at radius 3 is 2.46 bits per heavy atom. The predicted octanol–water partition coefficient (Wildman–Crippen LogP) is 2.99. The van der Waals surface area contributed by atoms with E-state index in [-0.39, 0.29) is 6.42 Å². The Morgan fingerprint density at radius 1 is 1.08 bits per heavy atom. The number of unbranched alkanes of at least 4 members (excludes halogenated alkanes) is 3. The van der Waals surface area contributed by atoms with E-state index in [1.807, 2.05) is 30.3 Å². The first kappa shape index (κ1) is 21.3. The number of rotatable bonds is 10. The van der Waals surface area contributed by atoms with Crippen LogP contribution in [0.4, 0.5) is 11.6 Å². The van der Waals surface area contributed by atoms with Crippen LogP contribution in [-0.4, -0.2) is 39.9 Å². The standard InChI is InChI=1S/C18H23N3O3.H3NO/c1-24-15-10-12-20-17(14-15)21(16-8-5-6-11-19-16)13-7-3-2-4-9-18(22)23;1-2/h5-6,8,10-12,14H,2-4,7,9,13H2,1H3,(H,22,23);2H,1H2. The van der Waals surface area contributed by atoms with Crippen molar-refractivity contribution in [2.24, 2.45) is 5.90 Å². The molecule has 0 saturated carbocycles. The van der Waals surface area contributed by atoms with Gasteiger partial charge in [-0.05, 0) is 31.0 Å². The van der Waals surface area contributed by atoms with Gasteiger partial charge < -0.3 is 20.0 Å².